The van der Waals surface area contributed by atoms with Crippen molar-refractivity contribution in [2.45, 2.75) is 45.6 Å². The van der Waals surface area contributed by atoms with Crippen LogP contribution in [0.1, 0.15) is 47.4 Å². The fourth-order valence-electron chi connectivity index (χ4n) is 5.55. The van der Waals surface area contributed by atoms with Gasteiger partial charge in [-0.1, -0.05) is 54.6 Å². The van der Waals surface area contributed by atoms with Gasteiger partial charge in [-0.05, 0) is 108 Å². The minimum atomic E-state index is -0.487. The standard InChI is InChI=1S/C33H31NO3S/c1-21(2)37-20-33(35)34(36)26-8-5-7-24(19-26)31-16-17-32(38-31)25-12-13-28-23(18-25)11-15-29-27-9-4-3-6-22(27)10-14-30(28)29/h3-9,11,15-19,21,36H,10,12-14,20H2,1-2H3. The van der Waals surface area contributed by atoms with E-state index in [1.165, 1.54) is 43.8 Å². The molecule has 1 N–H and O–H groups in total. The largest absolute Gasteiger partial charge is 0.369 e. The van der Waals surface area contributed by atoms with Crippen LogP contribution in [0.5, 0.6) is 0 Å². The molecule has 1 aromatic heterocycles. The Labute approximate surface area is 227 Å². The van der Waals surface area contributed by atoms with E-state index >= 15 is 0 Å². The number of ether oxygens (including phenoxy) is 1. The summed E-state index contributed by atoms with van der Waals surface area (Å²) in [6.07, 6.45) is 6.62. The number of fused-ring (bicyclic) bond motifs is 5. The average Bonchev–Trinajstić information content (AvgIpc) is 3.45. The SMILES string of the molecule is CC(C)OCC(=O)N(O)c1cccc(-c2ccc(C3=Cc4ccc5c(c4CC3)CCc3ccccc3-5)s2)c1. The summed E-state index contributed by atoms with van der Waals surface area (Å²) in [5.74, 6) is -0.487. The van der Waals surface area contributed by atoms with Crippen molar-refractivity contribution in [2.75, 3.05) is 11.7 Å². The Morgan fingerprint density at radius 1 is 0.895 bits per heavy atom. The maximum absolute atomic E-state index is 12.3. The summed E-state index contributed by atoms with van der Waals surface area (Å²) in [5.41, 5.74) is 11.4. The summed E-state index contributed by atoms with van der Waals surface area (Å²) in [6.45, 7) is 3.56. The van der Waals surface area contributed by atoms with Gasteiger partial charge in [0, 0.05) is 9.75 Å². The van der Waals surface area contributed by atoms with Gasteiger partial charge >= 0.3 is 0 Å². The van der Waals surface area contributed by atoms with Crippen LogP contribution in [-0.2, 0) is 28.8 Å². The number of carbonyl (C=O) groups excluding carboxylic acids is 1. The monoisotopic (exact) mass is 521 g/mol. The Balaban J connectivity index is 1.24. The molecule has 5 heteroatoms. The minimum absolute atomic E-state index is 0.0774. The zero-order valence-corrected chi connectivity index (χ0v) is 22.6. The molecule has 0 unspecified atom stereocenters. The van der Waals surface area contributed by atoms with E-state index in [1.54, 1.807) is 17.4 Å². The van der Waals surface area contributed by atoms with E-state index in [0.29, 0.717) is 10.8 Å². The molecule has 192 valence electrons. The van der Waals surface area contributed by atoms with Gasteiger partial charge in [-0.3, -0.25) is 10.0 Å². The Morgan fingerprint density at radius 3 is 2.58 bits per heavy atom. The molecule has 4 aromatic rings. The highest BCUT2D eigenvalue weighted by molar-refractivity contribution is 7.16. The van der Waals surface area contributed by atoms with Crippen molar-refractivity contribution in [1.82, 2.24) is 0 Å². The van der Waals surface area contributed by atoms with Crippen LogP contribution >= 0.6 is 11.3 Å². The van der Waals surface area contributed by atoms with Gasteiger partial charge in [-0.2, -0.15) is 5.06 Å². The van der Waals surface area contributed by atoms with E-state index in [0.717, 1.165) is 36.1 Å². The van der Waals surface area contributed by atoms with E-state index in [-0.39, 0.29) is 12.7 Å². The van der Waals surface area contributed by atoms with Crippen molar-refractivity contribution in [3.63, 3.8) is 0 Å². The van der Waals surface area contributed by atoms with Crippen molar-refractivity contribution in [3.8, 4) is 21.6 Å². The van der Waals surface area contributed by atoms with Crippen LogP contribution in [-0.4, -0.2) is 23.8 Å². The van der Waals surface area contributed by atoms with Crippen molar-refractivity contribution < 1.29 is 14.7 Å². The highest BCUT2D eigenvalue weighted by Gasteiger charge is 2.23. The lowest BCUT2D eigenvalue weighted by atomic mass is 9.78. The zero-order chi connectivity index (χ0) is 26.2. The average molecular weight is 522 g/mol. The quantitative estimate of drug-likeness (QED) is 0.208. The number of thiophene rings is 1. The van der Waals surface area contributed by atoms with Gasteiger partial charge in [-0.15, -0.1) is 11.3 Å². The van der Waals surface area contributed by atoms with Gasteiger partial charge in [0.25, 0.3) is 5.91 Å². The van der Waals surface area contributed by atoms with E-state index in [1.807, 2.05) is 32.0 Å². The van der Waals surface area contributed by atoms with E-state index in [4.69, 9.17) is 4.74 Å². The lowest BCUT2D eigenvalue weighted by molar-refractivity contribution is -0.129. The first-order valence-electron chi connectivity index (χ1n) is 13.3. The van der Waals surface area contributed by atoms with Crippen LogP contribution in [0.2, 0.25) is 0 Å². The smallest absolute Gasteiger partial charge is 0.276 e. The van der Waals surface area contributed by atoms with Crippen molar-refractivity contribution in [2.24, 2.45) is 0 Å². The molecule has 0 fully saturated rings. The van der Waals surface area contributed by atoms with Gasteiger partial charge < -0.3 is 4.74 Å². The highest BCUT2D eigenvalue weighted by atomic mass is 32.1. The molecule has 3 aromatic carbocycles. The molecule has 1 amide bonds. The third-order valence-electron chi connectivity index (χ3n) is 7.47. The fraction of sp³-hybridized carbons (Fsp3) is 0.242. The lowest BCUT2D eigenvalue weighted by Gasteiger charge is -2.26. The third-order valence-corrected chi connectivity index (χ3v) is 8.68. The number of hydrogen-bond donors (Lipinski definition) is 1. The molecule has 0 aliphatic heterocycles. The second-order valence-corrected chi connectivity index (χ2v) is 11.3. The molecule has 6 rings (SSSR count). The number of nitrogens with zero attached hydrogens (tertiary/aromatic N) is 1. The van der Waals surface area contributed by atoms with Crippen molar-refractivity contribution >= 4 is 34.6 Å². The zero-order valence-electron chi connectivity index (χ0n) is 21.7. The van der Waals surface area contributed by atoms with Crippen LogP contribution < -0.4 is 5.06 Å². The molecule has 2 aliphatic rings. The maximum Gasteiger partial charge on any atom is 0.276 e. The number of benzene rings is 3. The van der Waals surface area contributed by atoms with Gasteiger partial charge in [0.1, 0.15) is 6.61 Å². The summed E-state index contributed by atoms with van der Waals surface area (Å²) < 4.78 is 5.35. The van der Waals surface area contributed by atoms with Crippen LogP contribution in [0.4, 0.5) is 5.69 Å². The second kappa shape index (κ2) is 10.3. The fourth-order valence-corrected chi connectivity index (χ4v) is 6.60. The number of rotatable bonds is 6. The summed E-state index contributed by atoms with van der Waals surface area (Å²) in [4.78, 5) is 14.7. The van der Waals surface area contributed by atoms with Gasteiger partial charge in [0.05, 0.1) is 11.8 Å². The number of amides is 1. The highest BCUT2D eigenvalue weighted by Crippen LogP contribution is 2.42. The Kier molecular flexibility index (Phi) is 6.75. The van der Waals surface area contributed by atoms with Crippen LogP contribution in [0.15, 0.2) is 72.8 Å². The Bertz CT molecular complexity index is 1550. The molecule has 0 radical (unpaired) electrons. The predicted octanol–water partition coefficient (Wildman–Crippen LogP) is 7.81. The predicted molar refractivity (Wildman–Crippen MR) is 156 cm³/mol. The topological polar surface area (TPSA) is 49.8 Å². The Morgan fingerprint density at radius 2 is 1.71 bits per heavy atom. The molecule has 0 bridgehead atoms. The molecule has 0 atom stereocenters. The summed E-state index contributed by atoms with van der Waals surface area (Å²) in [7, 11) is 0. The van der Waals surface area contributed by atoms with Crippen LogP contribution in [0.25, 0.3) is 33.2 Å². The van der Waals surface area contributed by atoms with E-state index in [9.17, 15) is 10.0 Å². The van der Waals surface area contributed by atoms with Gasteiger partial charge in [0.15, 0.2) is 0 Å². The molecule has 0 saturated heterocycles. The third kappa shape index (κ3) is 4.73. The molecule has 4 nitrogen and oxygen atoms in total. The molecule has 38 heavy (non-hydrogen) atoms. The molecular formula is C33H31NO3S. The molecular weight excluding hydrogens is 490 g/mol. The second-order valence-electron chi connectivity index (χ2n) is 10.3. The van der Waals surface area contributed by atoms with E-state index < -0.39 is 5.91 Å². The summed E-state index contributed by atoms with van der Waals surface area (Å²) >= 11 is 1.75. The number of allylic oxidation sites excluding steroid dienone is 1. The number of hydrogen-bond acceptors (Lipinski definition) is 4. The summed E-state index contributed by atoms with van der Waals surface area (Å²) in [5, 5.41) is 11.1. The first-order chi connectivity index (χ1) is 18.5. The number of aryl methyl sites for hydroxylation is 1. The van der Waals surface area contributed by atoms with Gasteiger partial charge in [-0.25, -0.2) is 0 Å². The summed E-state index contributed by atoms with van der Waals surface area (Å²) in [6, 6.07) is 25.2. The van der Waals surface area contributed by atoms with Crippen molar-refractivity contribution in [1.29, 1.82) is 0 Å². The number of anilines is 1. The normalized spacial score (nSPS) is 13.9. The van der Waals surface area contributed by atoms with Crippen LogP contribution in [0.3, 0.4) is 0 Å². The molecule has 0 saturated carbocycles. The molecule has 0 spiro atoms. The first kappa shape index (κ1) is 24.8. The minimum Gasteiger partial charge on any atom is -0.369 e. The van der Waals surface area contributed by atoms with Gasteiger partial charge in [0.2, 0.25) is 0 Å². The first-order valence-corrected chi connectivity index (χ1v) is 14.1. The maximum atomic E-state index is 12.3. The Hall–Kier alpha value is -3.51. The lowest BCUT2D eigenvalue weighted by Crippen LogP contribution is -2.31. The van der Waals surface area contributed by atoms with Crippen molar-refractivity contribution in [3.05, 3.63) is 99.9 Å². The number of hydroxylamine groups is 1. The molecule has 2 aliphatic carbocycles. The van der Waals surface area contributed by atoms with E-state index in [2.05, 4.69) is 54.6 Å². The van der Waals surface area contributed by atoms with Crippen LogP contribution in [0, 0.1) is 0 Å². The molecule has 1 heterocycles. The number of carbonyl (C=O) groups is 1.